The smallest absolute Gasteiger partial charge is 0.252 e. The van der Waals surface area contributed by atoms with Crippen LogP contribution >= 0.6 is 15.9 Å². The molecule has 0 saturated carbocycles. The average molecular weight is 334 g/mol. The van der Waals surface area contributed by atoms with E-state index < -0.39 is 0 Å². The SMILES string of the molecule is Cc1ccc(C(=O)NC(C)c2cccc(O)c2)c(Br)c1. The second-order valence-electron chi connectivity index (χ2n) is 4.77. The van der Waals surface area contributed by atoms with Crippen LogP contribution in [0, 0.1) is 6.92 Å². The van der Waals surface area contributed by atoms with Gasteiger partial charge in [-0.3, -0.25) is 4.79 Å². The van der Waals surface area contributed by atoms with Gasteiger partial charge in [0.25, 0.3) is 5.91 Å². The lowest BCUT2D eigenvalue weighted by molar-refractivity contribution is 0.0939. The van der Waals surface area contributed by atoms with E-state index >= 15 is 0 Å². The van der Waals surface area contributed by atoms with Crippen molar-refractivity contribution >= 4 is 21.8 Å². The van der Waals surface area contributed by atoms with Gasteiger partial charge in [0.15, 0.2) is 0 Å². The lowest BCUT2D eigenvalue weighted by Gasteiger charge is -2.15. The minimum atomic E-state index is -0.178. The molecule has 0 spiro atoms. The summed E-state index contributed by atoms with van der Waals surface area (Å²) in [5.74, 6) is 0.0489. The molecule has 2 aromatic rings. The third kappa shape index (κ3) is 3.39. The van der Waals surface area contributed by atoms with Crippen molar-refractivity contribution in [3.05, 3.63) is 63.6 Å². The molecule has 4 heteroatoms. The second-order valence-corrected chi connectivity index (χ2v) is 5.63. The van der Waals surface area contributed by atoms with Crippen molar-refractivity contribution in [1.29, 1.82) is 0 Å². The fraction of sp³-hybridized carbons (Fsp3) is 0.188. The van der Waals surface area contributed by atoms with E-state index in [1.54, 1.807) is 24.3 Å². The summed E-state index contributed by atoms with van der Waals surface area (Å²) < 4.78 is 0.776. The Labute approximate surface area is 126 Å². The molecule has 2 aromatic carbocycles. The van der Waals surface area contributed by atoms with Gasteiger partial charge in [0, 0.05) is 4.47 Å². The summed E-state index contributed by atoms with van der Waals surface area (Å²) in [5.41, 5.74) is 2.55. The van der Waals surface area contributed by atoms with Crippen LogP contribution in [0.15, 0.2) is 46.9 Å². The highest BCUT2D eigenvalue weighted by Gasteiger charge is 2.14. The van der Waals surface area contributed by atoms with Crippen molar-refractivity contribution in [3.8, 4) is 5.75 Å². The maximum absolute atomic E-state index is 12.2. The Morgan fingerprint density at radius 1 is 1.25 bits per heavy atom. The van der Waals surface area contributed by atoms with Crippen LogP contribution in [0.1, 0.15) is 34.5 Å². The molecule has 2 rings (SSSR count). The van der Waals surface area contributed by atoms with Crippen LogP contribution in [-0.4, -0.2) is 11.0 Å². The molecule has 0 bridgehead atoms. The van der Waals surface area contributed by atoms with Crippen molar-refractivity contribution in [1.82, 2.24) is 5.32 Å². The van der Waals surface area contributed by atoms with Gasteiger partial charge in [-0.2, -0.15) is 0 Å². The number of halogens is 1. The molecule has 0 radical (unpaired) electrons. The summed E-state index contributed by atoms with van der Waals surface area (Å²) in [6, 6.07) is 12.3. The molecule has 0 aliphatic rings. The van der Waals surface area contributed by atoms with Gasteiger partial charge in [-0.15, -0.1) is 0 Å². The predicted octanol–water partition coefficient (Wildman–Crippen LogP) is 3.95. The maximum Gasteiger partial charge on any atom is 0.252 e. The molecule has 1 unspecified atom stereocenters. The van der Waals surface area contributed by atoms with E-state index in [0.717, 1.165) is 15.6 Å². The van der Waals surface area contributed by atoms with Gasteiger partial charge < -0.3 is 10.4 Å². The predicted molar refractivity (Wildman–Crippen MR) is 82.9 cm³/mol. The van der Waals surface area contributed by atoms with Gasteiger partial charge in [0.1, 0.15) is 5.75 Å². The summed E-state index contributed by atoms with van der Waals surface area (Å²) >= 11 is 3.40. The molecule has 3 nitrogen and oxygen atoms in total. The van der Waals surface area contributed by atoms with Crippen LogP contribution in [0.4, 0.5) is 0 Å². The number of carbonyl (C=O) groups excluding carboxylic acids is 1. The Bertz CT molecular complexity index is 640. The molecule has 0 aromatic heterocycles. The summed E-state index contributed by atoms with van der Waals surface area (Å²) in [4.78, 5) is 12.2. The molecule has 1 amide bonds. The van der Waals surface area contributed by atoms with Crippen LogP contribution in [0.3, 0.4) is 0 Å². The van der Waals surface area contributed by atoms with Crippen molar-refractivity contribution < 1.29 is 9.90 Å². The van der Waals surface area contributed by atoms with E-state index in [9.17, 15) is 9.90 Å². The first-order valence-corrected chi connectivity index (χ1v) is 7.12. The number of phenolic OH excluding ortho intramolecular Hbond substituents is 1. The van der Waals surface area contributed by atoms with Crippen LogP contribution in [0.5, 0.6) is 5.75 Å². The lowest BCUT2D eigenvalue weighted by Crippen LogP contribution is -2.26. The van der Waals surface area contributed by atoms with Gasteiger partial charge >= 0.3 is 0 Å². The van der Waals surface area contributed by atoms with E-state index in [-0.39, 0.29) is 17.7 Å². The standard InChI is InChI=1S/C16H16BrNO2/c1-10-6-7-14(15(17)8-10)16(20)18-11(2)12-4-3-5-13(19)9-12/h3-9,11,19H,1-2H3,(H,18,20). The summed E-state index contributed by atoms with van der Waals surface area (Å²) in [6.07, 6.45) is 0. The first-order chi connectivity index (χ1) is 9.47. The number of hydrogen-bond acceptors (Lipinski definition) is 2. The summed E-state index contributed by atoms with van der Waals surface area (Å²) in [5, 5.41) is 12.4. The molecule has 0 saturated heterocycles. The molecule has 0 aliphatic carbocycles. The highest BCUT2D eigenvalue weighted by atomic mass is 79.9. The Morgan fingerprint density at radius 3 is 2.65 bits per heavy atom. The number of amides is 1. The number of rotatable bonds is 3. The van der Waals surface area contributed by atoms with Crippen LogP contribution in [0.2, 0.25) is 0 Å². The molecule has 104 valence electrons. The number of nitrogens with one attached hydrogen (secondary N) is 1. The van der Waals surface area contributed by atoms with Crippen LogP contribution in [0.25, 0.3) is 0 Å². The average Bonchev–Trinajstić information content (AvgIpc) is 2.38. The molecular formula is C16H16BrNO2. The third-order valence-corrected chi connectivity index (χ3v) is 3.74. The van der Waals surface area contributed by atoms with Crippen molar-refractivity contribution in [2.24, 2.45) is 0 Å². The number of carbonyl (C=O) groups is 1. The fourth-order valence-corrected chi connectivity index (χ4v) is 2.63. The zero-order valence-electron chi connectivity index (χ0n) is 11.4. The number of benzene rings is 2. The Kier molecular flexibility index (Phi) is 4.45. The fourth-order valence-electron chi connectivity index (χ4n) is 1.96. The number of aryl methyl sites for hydroxylation is 1. The molecule has 2 N–H and O–H groups in total. The number of phenols is 1. The second kappa shape index (κ2) is 6.09. The largest absolute Gasteiger partial charge is 0.508 e. The van der Waals surface area contributed by atoms with Gasteiger partial charge in [-0.25, -0.2) is 0 Å². The van der Waals surface area contributed by atoms with Gasteiger partial charge in [-0.05, 0) is 65.2 Å². The van der Waals surface area contributed by atoms with Crippen molar-refractivity contribution in [2.45, 2.75) is 19.9 Å². The number of hydrogen-bond donors (Lipinski definition) is 2. The zero-order valence-corrected chi connectivity index (χ0v) is 12.9. The summed E-state index contributed by atoms with van der Waals surface area (Å²) in [7, 11) is 0. The quantitative estimate of drug-likeness (QED) is 0.893. The van der Waals surface area contributed by atoms with Crippen LogP contribution < -0.4 is 5.32 Å². The molecular weight excluding hydrogens is 318 g/mol. The van der Waals surface area contributed by atoms with Crippen LogP contribution in [-0.2, 0) is 0 Å². The normalized spacial score (nSPS) is 11.9. The van der Waals surface area contributed by atoms with E-state index in [4.69, 9.17) is 0 Å². The van der Waals surface area contributed by atoms with Gasteiger partial charge in [-0.1, -0.05) is 18.2 Å². The minimum Gasteiger partial charge on any atom is -0.508 e. The molecule has 0 aliphatic heterocycles. The van der Waals surface area contributed by atoms with Gasteiger partial charge in [0.2, 0.25) is 0 Å². The molecule has 0 heterocycles. The lowest BCUT2D eigenvalue weighted by atomic mass is 10.1. The summed E-state index contributed by atoms with van der Waals surface area (Å²) in [6.45, 7) is 3.86. The minimum absolute atomic E-state index is 0.146. The monoisotopic (exact) mass is 333 g/mol. The van der Waals surface area contributed by atoms with E-state index in [1.807, 2.05) is 32.0 Å². The Hall–Kier alpha value is -1.81. The zero-order chi connectivity index (χ0) is 14.7. The first-order valence-electron chi connectivity index (χ1n) is 6.33. The van der Waals surface area contributed by atoms with Crippen molar-refractivity contribution in [3.63, 3.8) is 0 Å². The topological polar surface area (TPSA) is 49.3 Å². The first kappa shape index (κ1) is 14.6. The van der Waals surface area contributed by atoms with Crippen molar-refractivity contribution in [2.75, 3.05) is 0 Å². The molecule has 0 fully saturated rings. The molecule has 1 atom stereocenters. The maximum atomic E-state index is 12.2. The van der Waals surface area contributed by atoms with E-state index in [1.165, 1.54) is 0 Å². The molecule has 20 heavy (non-hydrogen) atoms. The van der Waals surface area contributed by atoms with E-state index in [0.29, 0.717) is 5.56 Å². The Morgan fingerprint density at radius 2 is 2.00 bits per heavy atom. The highest BCUT2D eigenvalue weighted by Crippen LogP contribution is 2.21. The van der Waals surface area contributed by atoms with E-state index in [2.05, 4.69) is 21.2 Å². The van der Waals surface area contributed by atoms with Gasteiger partial charge in [0.05, 0.1) is 11.6 Å². The highest BCUT2D eigenvalue weighted by molar-refractivity contribution is 9.10. The third-order valence-electron chi connectivity index (χ3n) is 3.09. The number of aromatic hydroxyl groups is 1. The Balaban J connectivity index is 2.15.